The van der Waals surface area contributed by atoms with Gasteiger partial charge in [-0.1, -0.05) is 22.4 Å². The summed E-state index contributed by atoms with van der Waals surface area (Å²) in [4.78, 5) is 11.8. The van der Waals surface area contributed by atoms with Gasteiger partial charge in [0.1, 0.15) is 0 Å². The minimum absolute atomic E-state index is 0.0345. The van der Waals surface area contributed by atoms with Crippen LogP contribution in [0.25, 0.3) is 0 Å². The summed E-state index contributed by atoms with van der Waals surface area (Å²) < 4.78 is 26.3. The zero-order chi connectivity index (χ0) is 16.3. The molecule has 1 aliphatic carbocycles. The summed E-state index contributed by atoms with van der Waals surface area (Å²) in [6.07, 6.45) is 4.16. The Morgan fingerprint density at radius 3 is 2.59 bits per heavy atom. The molecule has 1 fully saturated rings. The summed E-state index contributed by atoms with van der Waals surface area (Å²) in [5.74, 6) is 0.147. The van der Waals surface area contributed by atoms with E-state index in [1.54, 1.807) is 6.07 Å². The first kappa shape index (κ1) is 17.3. The molecule has 1 aromatic carbocycles. The number of sulfonamides is 1. The van der Waals surface area contributed by atoms with E-state index in [2.05, 4.69) is 21.2 Å². The molecule has 1 aromatic rings. The summed E-state index contributed by atoms with van der Waals surface area (Å²) in [6.45, 7) is 2.42. The highest BCUT2D eigenvalue weighted by Crippen LogP contribution is 2.27. The number of halogens is 1. The molecule has 122 valence electrons. The molecule has 0 unspecified atom stereocenters. The molecule has 1 aliphatic rings. The maximum atomic E-state index is 12.0. The first-order chi connectivity index (χ1) is 10.3. The first-order valence-corrected chi connectivity index (χ1v) is 9.95. The van der Waals surface area contributed by atoms with Crippen molar-refractivity contribution in [3.05, 3.63) is 28.2 Å². The monoisotopic (exact) mass is 388 g/mol. The number of anilines is 1. The van der Waals surface area contributed by atoms with Crippen LogP contribution in [0.15, 0.2) is 22.7 Å². The normalized spacial score (nSPS) is 15.2. The number of carbonyl (C=O) groups is 1. The molecule has 0 aliphatic heterocycles. The molecule has 0 heterocycles. The van der Waals surface area contributed by atoms with Crippen molar-refractivity contribution in [2.45, 2.75) is 26.2 Å². The molecule has 0 spiro atoms. The van der Waals surface area contributed by atoms with Crippen LogP contribution in [-0.2, 0) is 14.8 Å². The van der Waals surface area contributed by atoms with Crippen LogP contribution in [0.4, 0.5) is 5.69 Å². The van der Waals surface area contributed by atoms with E-state index in [1.165, 1.54) is 10.6 Å². The molecule has 0 saturated heterocycles. The fourth-order valence-corrected chi connectivity index (χ4v) is 3.92. The average Bonchev–Trinajstić information content (AvgIpc) is 2.32. The van der Waals surface area contributed by atoms with E-state index in [4.69, 9.17) is 0 Å². The van der Waals surface area contributed by atoms with Gasteiger partial charge >= 0.3 is 0 Å². The number of hydrogen-bond donors (Lipinski definition) is 1. The van der Waals surface area contributed by atoms with Crippen molar-refractivity contribution in [3.8, 4) is 0 Å². The average molecular weight is 389 g/mol. The van der Waals surface area contributed by atoms with E-state index < -0.39 is 10.0 Å². The van der Waals surface area contributed by atoms with Crippen LogP contribution in [0.2, 0.25) is 0 Å². The van der Waals surface area contributed by atoms with Crippen molar-refractivity contribution < 1.29 is 13.2 Å². The van der Waals surface area contributed by atoms with E-state index in [0.29, 0.717) is 12.2 Å². The Morgan fingerprint density at radius 2 is 2.09 bits per heavy atom. The fourth-order valence-electron chi connectivity index (χ4n) is 2.46. The Morgan fingerprint density at radius 1 is 1.41 bits per heavy atom. The van der Waals surface area contributed by atoms with Crippen molar-refractivity contribution in [2.24, 2.45) is 5.92 Å². The number of amides is 1. The van der Waals surface area contributed by atoms with Crippen LogP contribution in [0.5, 0.6) is 0 Å². The molecule has 1 saturated carbocycles. The molecule has 5 nitrogen and oxygen atoms in total. The van der Waals surface area contributed by atoms with Gasteiger partial charge in [-0.15, -0.1) is 0 Å². The van der Waals surface area contributed by atoms with E-state index in [-0.39, 0.29) is 18.4 Å². The Labute approximate surface area is 140 Å². The van der Waals surface area contributed by atoms with Gasteiger partial charge in [0.05, 0.1) is 18.5 Å². The van der Waals surface area contributed by atoms with Crippen molar-refractivity contribution in [1.29, 1.82) is 0 Å². The van der Waals surface area contributed by atoms with Gasteiger partial charge in [0.25, 0.3) is 0 Å². The van der Waals surface area contributed by atoms with E-state index >= 15 is 0 Å². The second-order valence-corrected chi connectivity index (χ2v) is 8.51. The molecule has 22 heavy (non-hydrogen) atoms. The van der Waals surface area contributed by atoms with Crippen molar-refractivity contribution in [3.63, 3.8) is 0 Å². The van der Waals surface area contributed by atoms with Crippen LogP contribution in [0.1, 0.15) is 24.8 Å². The van der Waals surface area contributed by atoms with Crippen molar-refractivity contribution >= 4 is 37.5 Å². The zero-order valence-electron chi connectivity index (χ0n) is 12.8. The van der Waals surface area contributed by atoms with Crippen LogP contribution in [-0.4, -0.2) is 33.7 Å². The number of carbonyl (C=O) groups excluding carboxylic acids is 1. The standard InChI is InChI=1S/C15H21BrN2O3S/c1-11-10-13(16)6-7-14(11)18(22(2,20)21)9-8-17-15(19)12-4-3-5-12/h6-7,10,12H,3-5,8-9H2,1-2H3,(H,17,19). The molecular formula is C15H21BrN2O3S. The van der Waals surface area contributed by atoms with Gasteiger partial charge < -0.3 is 5.32 Å². The maximum absolute atomic E-state index is 12.0. The highest BCUT2D eigenvalue weighted by Gasteiger charge is 2.25. The highest BCUT2D eigenvalue weighted by molar-refractivity contribution is 9.10. The Hall–Kier alpha value is -1.08. The van der Waals surface area contributed by atoms with Gasteiger partial charge in [0.15, 0.2) is 0 Å². The molecule has 0 atom stereocenters. The predicted molar refractivity (Wildman–Crippen MR) is 91.4 cm³/mol. The van der Waals surface area contributed by atoms with Gasteiger partial charge in [-0.2, -0.15) is 0 Å². The quantitative estimate of drug-likeness (QED) is 0.813. The largest absolute Gasteiger partial charge is 0.354 e. The topological polar surface area (TPSA) is 66.5 Å². The highest BCUT2D eigenvalue weighted by atomic mass is 79.9. The minimum Gasteiger partial charge on any atom is -0.354 e. The van der Waals surface area contributed by atoms with Gasteiger partial charge in [-0.3, -0.25) is 9.10 Å². The van der Waals surface area contributed by atoms with Gasteiger partial charge in [-0.05, 0) is 43.5 Å². The molecular weight excluding hydrogens is 368 g/mol. The van der Waals surface area contributed by atoms with E-state index in [0.717, 1.165) is 29.3 Å². The second kappa shape index (κ2) is 7.00. The first-order valence-electron chi connectivity index (χ1n) is 7.30. The number of nitrogens with one attached hydrogen (secondary N) is 1. The van der Waals surface area contributed by atoms with Crippen molar-refractivity contribution in [1.82, 2.24) is 5.32 Å². The van der Waals surface area contributed by atoms with E-state index in [9.17, 15) is 13.2 Å². The van der Waals surface area contributed by atoms with Crippen molar-refractivity contribution in [2.75, 3.05) is 23.7 Å². The van der Waals surface area contributed by atoms with Crippen LogP contribution >= 0.6 is 15.9 Å². The molecule has 1 amide bonds. The lowest BCUT2D eigenvalue weighted by Crippen LogP contribution is -2.41. The number of rotatable bonds is 6. The van der Waals surface area contributed by atoms with Gasteiger partial charge in [-0.25, -0.2) is 8.42 Å². The lowest BCUT2D eigenvalue weighted by molar-refractivity contribution is -0.127. The molecule has 0 radical (unpaired) electrons. The summed E-state index contributed by atoms with van der Waals surface area (Å²) >= 11 is 3.37. The van der Waals surface area contributed by atoms with Crippen LogP contribution < -0.4 is 9.62 Å². The maximum Gasteiger partial charge on any atom is 0.232 e. The third-order valence-electron chi connectivity index (χ3n) is 3.92. The van der Waals surface area contributed by atoms with Gasteiger partial charge in [0, 0.05) is 16.9 Å². The second-order valence-electron chi connectivity index (χ2n) is 5.68. The summed E-state index contributed by atoms with van der Waals surface area (Å²) in [5.41, 5.74) is 1.51. The SMILES string of the molecule is Cc1cc(Br)ccc1N(CCNC(=O)C1CCC1)S(C)(=O)=O. The lowest BCUT2D eigenvalue weighted by Gasteiger charge is -2.27. The Bertz CT molecular complexity index is 657. The zero-order valence-corrected chi connectivity index (χ0v) is 15.2. The van der Waals surface area contributed by atoms with E-state index in [1.807, 2.05) is 19.1 Å². The smallest absolute Gasteiger partial charge is 0.232 e. The Kier molecular flexibility index (Phi) is 5.50. The number of nitrogens with zero attached hydrogens (tertiary/aromatic N) is 1. The Balaban J connectivity index is 2.05. The van der Waals surface area contributed by atoms with Crippen LogP contribution in [0.3, 0.4) is 0 Å². The lowest BCUT2D eigenvalue weighted by atomic mass is 9.85. The third-order valence-corrected chi connectivity index (χ3v) is 5.59. The third kappa shape index (κ3) is 4.23. The minimum atomic E-state index is -3.40. The number of benzene rings is 1. The molecule has 0 bridgehead atoms. The molecule has 1 N–H and O–H groups in total. The molecule has 7 heteroatoms. The van der Waals surface area contributed by atoms with Crippen LogP contribution in [0, 0.1) is 12.8 Å². The summed E-state index contributed by atoms with van der Waals surface area (Å²) in [6, 6.07) is 5.46. The summed E-state index contributed by atoms with van der Waals surface area (Å²) in [5, 5.41) is 2.83. The molecule has 2 rings (SSSR count). The number of aryl methyl sites for hydroxylation is 1. The van der Waals surface area contributed by atoms with Gasteiger partial charge in [0.2, 0.25) is 15.9 Å². The predicted octanol–water partition coefficient (Wildman–Crippen LogP) is 2.44. The fraction of sp³-hybridized carbons (Fsp3) is 0.533. The number of hydrogen-bond acceptors (Lipinski definition) is 3. The summed E-state index contributed by atoms with van der Waals surface area (Å²) in [7, 11) is -3.40. The molecule has 0 aromatic heterocycles.